The van der Waals surface area contributed by atoms with Crippen molar-refractivity contribution < 1.29 is 22.7 Å². The number of sulfonamides is 1. The summed E-state index contributed by atoms with van der Waals surface area (Å²) in [6.45, 7) is 1.85. The van der Waals surface area contributed by atoms with Crippen LogP contribution in [0.4, 0.5) is 10.5 Å². The van der Waals surface area contributed by atoms with Gasteiger partial charge < -0.3 is 19.9 Å². The number of amides is 2. The van der Waals surface area contributed by atoms with Crippen LogP contribution in [0.3, 0.4) is 0 Å². The SMILES string of the molecule is COc1ccccc1N1CCN(C(=O)CNC(=O)S(=O)(=O)N(C)C)CC1. The van der Waals surface area contributed by atoms with Crippen LogP contribution < -0.4 is 15.0 Å². The number of methoxy groups -OCH3 is 1. The third-order valence-electron chi connectivity index (χ3n) is 4.16. The molecular formula is C16H24N4O5S. The number of hydrogen-bond acceptors (Lipinski definition) is 6. The highest BCUT2D eigenvalue weighted by Crippen LogP contribution is 2.28. The monoisotopic (exact) mass is 384 g/mol. The highest BCUT2D eigenvalue weighted by molar-refractivity contribution is 8.03. The van der Waals surface area contributed by atoms with E-state index < -0.39 is 15.3 Å². The quantitative estimate of drug-likeness (QED) is 0.764. The molecule has 0 aromatic heterocycles. The summed E-state index contributed by atoms with van der Waals surface area (Å²) < 4.78 is 29.5. The van der Waals surface area contributed by atoms with E-state index >= 15 is 0 Å². The molecule has 0 atom stereocenters. The molecule has 0 spiro atoms. The minimum absolute atomic E-state index is 0.313. The van der Waals surface area contributed by atoms with Crippen molar-refractivity contribution in [2.75, 3.05) is 58.8 Å². The Morgan fingerprint density at radius 2 is 1.77 bits per heavy atom. The van der Waals surface area contributed by atoms with E-state index in [-0.39, 0.29) is 12.5 Å². The van der Waals surface area contributed by atoms with Gasteiger partial charge in [0.05, 0.1) is 19.3 Å². The first-order valence-electron chi connectivity index (χ1n) is 8.13. The van der Waals surface area contributed by atoms with Crippen molar-refractivity contribution in [1.82, 2.24) is 14.5 Å². The molecule has 0 saturated carbocycles. The van der Waals surface area contributed by atoms with Gasteiger partial charge in [-0.1, -0.05) is 12.1 Å². The number of anilines is 1. The summed E-state index contributed by atoms with van der Waals surface area (Å²) in [4.78, 5) is 27.6. The molecule has 1 N–H and O–H groups in total. The highest BCUT2D eigenvalue weighted by Gasteiger charge is 2.27. The van der Waals surface area contributed by atoms with Crippen molar-refractivity contribution in [3.8, 4) is 5.75 Å². The first kappa shape index (κ1) is 20.0. The zero-order valence-corrected chi connectivity index (χ0v) is 16.0. The predicted octanol–water partition coefficient (Wildman–Crippen LogP) is -0.0552. The van der Waals surface area contributed by atoms with E-state index in [1.54, 1.807) is 12.0 Å². The van der Waals surface area contributed by atoms with Gasteiger partial charge in [-0.2, -0.15) is 4.31 Å². The summed E-state index contributed by atoms with van der Waals surface area (Å²) in [5.74, 6) is 0.459. The minimum atomic E-state index is -4.07. The molecule has 1 saturated heterocycles. The van der Waals surface area contributed by atoms with Gasteiger partial charge in [0.2, 0.25) is 5.91 Å². The number of nitrogens with zero attached hydrogens (tertiary/aromatic N) is 3. The normalized spacial score (nSPS) is 15.1. The van der Waals surface area contributed by atoms with Gasteiger partial charge in [-0.15, -0.1) is 0 Å². The van der Waals surface area contributed by atoms with E-state index in [2.05, 4.69) is 10.2 Å². The maximum absolute atomic E-state index is 12.2. The highest BCUT2D eigenvalue weighted by atomic mass is 32.2. The lowest BCUT2D eigenvalue weighted by molar-refractivity contribution is -0.130. The molecule has 144 valence electrons. The number of carbonyl (C=O) groups is 2. The van der Waals surface area contributed by atoms with Crippen molar-refractivity contribution in [2.24, 2.45) is 0 Å². The number of hydrogen-bond donors (Lipinski definition) is 1. The van der Waals surface area contributed by atoms with Gasteiger partial charge in [0, 0.05) is 40.3 Å². The molecule has 1 aliphatic heterocycles. The second-order valence-corrected chi connectivity index (χ2v) is 8.02. The molecule has 10 heteroatoms. The zero-order valence-electron chi connectivity index (χ0n) is 15.1. The third-order valence-corrected chi connectivity index (χ3v) is 5.73. The van der Waals surface area contributed by atoms with E-state index in [1.807, 2.05) is 24.3 Å². The number of para-hydroxylation sites is 2. The Bertz CT molecular complexity index is 758. The van der Waals surface area contributed by atoms with Gasteiger partial charge in [-0.05, 0) is 12.1 Å². The Balaban J connectivity index is 1.88. The van der Waals surface area contributed by atoms with Crippen LogP contribution in [0.5, 0.6) is 5.75 Å². The molecule has 0 aliphatic carbocycles. The van der Waals surface area contributed by atoms with Crippen LogP contribution in [0.25, 0.3) is 0 Å². The second-order valence-electron chi connectivity index (χ2n) is 5.97. The van der Waals surface area contributed by atoms with Crippen LogP contribution in [0, 0.1) is 0 Å². The Labute approximate surface area is 153 Å². The summed E-state index contributed by atoms with van der Waals surface area (Å²) in [5, 5.41) is 0.992. The van der Waals surface area contributed by atoms with E-state index in [4.69, 9.17) is 4.74 Å². The standard InChI is InChI=1S/C16H24N4O5S/c1-18(2)26(23,24)16(22)17-12-15(21)20-10-8-19(9-11-20)13-6-4-5-7-14(13)25-3/h4-7H,8-12H2,1-3H3,(H,17,22). The van der Waals surface area contributed by atoms with Crippen LogP contribution >= 0.6 is 0 Å². The van der Waals surface area contributed by atoms with Crippen molar-refractivity contribution in [1.29, 1.82) is 0 Å². The van der Waals surface area contributed by atoms with E-state index in [0.29, 0.717) is 26.2 Å². The fourth-order valence-electron chi connectivity index (χ4n) is 2.60. The Morgan fingerprint density at radius 3 is 2.35 bits per heavy atom. The first-order valence-corrected chi connectivity index (χ1v) is 9.57. The number of carbonyl (C=O) groups excluding carboxylic acids is 2. The van der Waals surface area contributed by atoms with Crippen LogP contribution in [-0.4, -0.2) is 82.7 Å². The average molecular weight is 384 g/mol. The lowest BCUT2D eigenvalue weighted by Gasteiger charge is -2.36. The molecule has 26 heavy (non-hydrogen) atoms. The van der Waals surface area contributed by atoms with E-state index in [1.165, 1.54) is 14.1 Å². The number of piperazine rings is 1. The van der Waals surface area contributed by atoms with Crippen LogP contribution in [0.1, 0.15) is 0 Å². The van der Waals surface area contributed by atoms with Gasteiger partial charge in [0.25, 0.3) is 10.0 Å². The Hall–Kier alpha value is -2.33. The number of nitrogens with one attached hydrogen (secondary N) is 1. The average Bonchev–Trinajstić information content (AvgIpc) is 2.65. The van der Waals surface area contributed by atoms with Crippen LogP contribution in [0.15, 0.2) is 24.3 Å². The van der Waals surface area contributed by atoms with Crippen molar-refractivity contribution in [3.63, 3.8) is 0 Å². The molecule has 1 fully saturated rings. The van der Waals surface area contributed by atoms with Crippen LogP contribution in [0.2, 0.25) is 0 Å². The van der Waals surface area contributed by atoms with Gasteiger partial charge in [0.1, 0.15) is 5.75 Å². The number of ether oxygens (including phenoxy) is 1. The van der Waals surface area contributed by atoms with Crippen molar-refractivity contribution in [3.05, 3.63) is 24.3 Å². The number of benzene rings is 1. The lowest BCUT2D eigenvalue weighted by atomic mass is 10.2. The fourth-order valence-corrected chi connectivity index (χ4v) is 3.19. The molecule has 9 nitrogen and oxygen atoms in total. The Kier molecular flexibility index (Phi) is 6.43. The molecule has 0 unspecified atom stereocenters. The predicted molar refractivity (Wildman–Crippen MR) is 97.8 cm³/mol. The molecule has 2 amide bonds. The van der Waals surface area contributed by atoms with Gasteiger partial charge in [-0.3, -0.25) is 9.59 Å². The molecule has 0 radical (unpaired) electrons. The topological polar surface area (TPSA) is 99.3 Å². The van der Waals surface area contributed by atoms with E-state index in [9.17, 15) is 18.0 Å². The molecule has 1 heterocycles. The molecule has 1 aliphatic rings. The molecule has 1 aromatic carbocycles. The van der Waals surface area contributed by atoms with Gasteiger partial charge in [0.15, 0.2) is 0 Å². The molecule has 0 bridgehead atoms. The smallest absolute Gasteiger partial charge is 0.352 e. The molecular weight excluding hydrogens is 360 g/mol. The van der Waals surface area contributed by atoms with Crippen molar-refractivity contribution in [2.45, 2.75) is 0 Å². The molecule has 1 aromatic rings. The third kappa shape index (κ3) is 4.44. The largest absolute Gasteiger partial charge is 0.495 e. The maximum atomic E-state index is 12.2. The summed E-state index contributed by atoms with van der Waals surface area (Å²) >= 11 is 0. The number of rotatable bonds is 5. The fraction of sp³-hybridized carbons (Fsp3) is 0.500. The summed E-state index contributed by atoms with van der Waals surface area (Å²) in [7, 11) is 0.0643. The first-order chi connectivity index (χ1) is 12.3. The van der Waals surface area contributed by atoms with Crippen LogP contribution in [-0.2, 0) is 14.8 Å². The summed E-state index contributed by atoms with van der Waals surface area (Å²) in [5.41, 5.74) is 0.965. The van der Waals surface area contributed by atoms with Gasteiger partial charge >= 0.3 is 5.24 Å². The molecule has 2 rings (SSSR count). The Morgan fingerprint density at radius 1 is 1.15 bits per heavy atom. The maximum Gasteiger partial charge on any atom is 0.352 e. The summed E-state index contributed by atoms with van der Waals surface area (Å²) in [6, 6.07) is 7.67. The minimum Gasteiger partial charge on any atom is -0.495 e. The lowest BCUT2D eigenvalue weighted by Crippen LogP contribution is -2.52. The summed E-state index contributed by atoms with van der Waals surface area (Å²) in [6.07, 6.45) is 0. The zero-order chi connectivity index (χ0) is 19.3. The van der Waals surface area contributed by atoms with E-state index in [0.717, 1.165) is 15.7 Å². The van der Waals surface area contributed by atoms with Crippen molar-refractivity contribution >= 4 is 26.9 Å². The van der Waals surface area contributed by atoms with Gasteiger partial charge in [-0.25, -0.2) is 8.42 Å². The second kappa shape index (κ2) is 8.37.